The zero-order valence-corrected chi connectivity index (χ0v) is 6.79. The van der Waals surface area contributed by atoms with E-state index in [4.69, 9.17) is 10.3 Å². The summed E-state index contributed by atoms with van der Waals surface area (Å²) in [6, 6.07) is 0.784. The number of anilines is 1. The van der Waals surface area contributed by atoms with Gasteiger partial charge in [0.1, 0.15) is 0 Å². The van der Waals surface area contributed by atoms with Crippen molar-refractivity contribution in [1.29, 1.82) is 0 Å². The average molecular weight is 165 g/mol. The molecule has 1 fully saturated rings. The molecule has 0 unspecified atom stereocenters. The Labute approximate surface area is 70.3 Å². The van der Waals surface area contributed by atoms with E-state index in [-0.39, 0.29) is 0 Å². The minimum Gasteiger partial charge on any atom is -0.381 e. The van der Waals surface area contributed by atoms with E-state index < -0.39 is 0 Å². The first-order valence-corrected chi connectivity index (χ1v) is 4.31. The van der Waals surface area contributed by atoms with Crippen LogP contribution in [0.3, 0.4) is 0 Å². The van der Waals surface area contributed by atoms with Crippen molar-refractivity contribution in [3.05, 3.63) is 11.3 Å². The van der Waals surface area contributed by atoms with Crippen LogP contribution in [0.25, 0.3) is 0 Å². The van der Waals surface area contributed by atoms with Gasteiger partial charge in [-0.1, -0.05) is 5.16 Å². The van der Waals surface area contributed by atoms with Crippen molar-refractivity contribution < 1.29 is 4.52 Å². The highest BCUT2D eigenvalue weighted by atomic mass is 16.5. The highest BCUT2D eigenvalue weighted by molar-refractivity contribution is 5.42. The van der Waals surface area contributed by atoms with Crippen molar-refractivity contribution in [3.63, 3.8) is 0 Å². The lowest BCUT2D eigenvalue weighted by Crippen LogP contribution is -2.18. The molecule has 0 radical (unpaired) electrons. The quantitative estimate of drug-likeness (QED) is 0.666. The zero-order chi connectivity index (χ0) is 8.13. The van der Waals surface area contributed by atoms with Crippen molar-refractivity contribution in [1.82, 2.24) is 10.1 Å². The van der Waals surface area contributed by atoms with E-state index in [0.29, 0.717) is 5.82 Å². The third-order valence-corrected chi connectivity index (χ3v) is 2.67. The molecule has 1 aliphatic carbocycles. The van der Waals surface area contributed by atoms with Crippen LogP contribution in [0.1, 0.15) is 24.2 Å². The summed E-state index contributed by atoms with van der Waals surface area (Å²) in [5.74, 6) is 1.55. The number of nitrogen functional groups attached to an aromatic ring is 1. The Hall–Kier alpha value is -1.03. The molecule has 2 heterocycles. The molecule has 4 nitrogen and oxygen atoms in total. The molecule has 2 aliphatic rings. The molecule has 1 aromatic rings. The number of hydrogen-bond donors (Lipinski definition) is 1. The molecule has 0 saturated heterocycles. The van der Waals surface area contributed by atoms with Gasteiger partial charge >= 0.3 is 0 Å². The van der Waals surface area contributed by atoms with E-state index in [1.165, 1.54) is 12.8 Å². The van der Waals surface area contributed by atoms with Crippen LogP contribution in [0.15, 0.2) is 4.52 Å². The number of rotatable bonds is 1. The Morgan fingerprint density at radius 1 is 1.42 bits per heavy atom. The molecule has 0 bridgehead atoms. The molecule has 1 aliphatic heterocycles. The molecule has 12 heavy (non-hydrogen) atoms. The first-order valence-electron chi connectivity index (χ1n) is 4.31. The van der Waals surface area contributed by atoms with Gasteiger partial charge in [-0.25, -0.2) is 0 Å². The van der Waals surface area contributed by atoms with E-state index in [9.17, 15) is 0 Å². The Morgan fingerprint density at radius 2 is 2.25 bits per heavy atom. The summed E-state index contributed by atoms with van der Waals surface area (Å²) >= 11 is 0. The van der Waals surface area contributed by atoms with Crippen molar-refractivity contribution in [3.8, 4) is 0 Å². The minimum absolute atomic E-state index is 0.577. The molecule has 0 atom stereocenters. The lowest BCUT2D eigenvalue weighted by Gasteiger charge is -2.11. The third-order valence-electron chi connectivity index (χ3n) is 2.67. The Kier molecular flexibility index (Phi) is 1.09. The second-order valence-corrected chi connectivity index (χ2v) is 3.61. The predicted octanol–water partition coefficient (Wildman–Crippen LogP) is 0.735. The van der Waals surface area contributed by atoms with Crippen molar-refractivity contribution >= 4 is 5.82 Å². The van der Waals surface area contributed by atoms with Gasteiger partial charge in [0.25, 0.3) is 0 Å². The van der Waals surface area contributed by atoms with Gasteiger partial charge in [0, 0.05) is 12.6 Å². The van der Waals surface area contributed by atoms with E-state index in [2.05, 4.69) is 10.1 Å². The lowest BCUT2D eigenvalue weighted by molar-refractivity contribution is 0.245. The summed E-state index contributed by atoms with van der Waals surface area (Å²) < 4.78 is 5.10. The van der Waals surface area contributed by atoms with Crippen molar-refractivity contribution in [2.24, 2.45) is 0 Å². The van der Waals surface area contributed by atoms with Crippen LogP contribution in [0.5, 0.6) is 0 Å². The van der Waals surface area contributed by atoms with Crippen LogP contribution < -0.4 is 5.73 Å². The van der Waals surface area contributed by atoms with Crippen LogP contribution in [0, 0.1) is 0 Å². The molecule has 3 rings (SSSR count). The van der Waals surface area contributed by atoms with Gasteiger partial charge in [0.15, 0.2) is 11.6 Å². The molecule has 0 amide bonds. The highest BCUT2D eigenvalue weighted by Crippen LogP contribution is 2.36. The Balaban J connectivity index is 1.89. The zero-order valence-electron chi connectivity index (χ0n) is 6.79. The summed E-state index contributed by atoms with van der Waals surface area (Å²) in [6.07, 6.45) is 2.66. The summed E-state index contributed by atoms with van der Waals surface area (Å²) in [6.45, 7) is 1.85. The Morgan fingerprint density at radius 3 is 2.92 bits per heavy atom. The SMILES string of the molecule is Nc1noc2c1CN(C1CC1)C2. The van der Waals surface area contributed by atoms with E-state index in [1.54, 1.807) is 0 Å². The summed E-state index contributed by atoms with van der Waals surface area (Å²) in [7, 11) is 0. The maximum absolute atomic E-state index is 5.64. The normalized spacial score (nSPS) is 23.0. The molecule has 64 valence electrons. The van der Waals surface area contributed by atoms with Crippen LogP contribution in [0.4, 0.5) is 5.82 Å². The fourth-order valence-corrected chi connectivity index (χ4v) is 1.79. The van der Waals surface area contributed by atoms with Gasteiger partial charge in [-0.3, -0.25) is 4.90 Å². The number of nitrogens with zero attached hydrogens (tertiary/aromatic N) is 2. The first-order chi connectivity index (χ1) is 5.84. The molecule has 2 N–H and O–H groups in total. The van der Waals surface area contributed by atoms with Gasteiger partial charge in [-0.05, 0) is 12.8 Å². The predicted molar refractivity (Wildman–Crippen MR) is 43.2 cm³/mol. The molecular weight excluding hydrogens is 154 g/mol. The maximum atomic E-state index is 5.64. The highest BCUT2D eigenvalue weighted by Gasteiger charge is 2.36. The smallest absolute Gasteiger partial charge is 0.171 e. The number of hydrogen-bond acceptors (Lipinski definition) is 4. The number of nitrogens with two attached hydrogens (primary N) is 1. The second-order valence-electron chi connectivity index (χ2n) is 3.61. The third kappa shape index (κ3) is 0.783. The van der Waals surface area contributed by atoms with E-state index in [1.807, 2.05) is 0 Å². The summed E-state index contributed by atoms with van der Waals surface area (Å²) in [5.41, 5.74) is 6.76. The molecule has 0 spiro atoms. The van der Waals surface area contributed by atoms with Gasteiger partial charge in [-0.15, -0.1) is 0 Å². The lowest BCUT2D eigenvalue weighted by atomic mass is 10.3. The average Bonchev–Trinajstić information content (AvgIpc) is 2.73. The summed E-state index contributed by atoms with van der Waals surface area (Å²) in [5, 5.41) is 3.73. The molecule has 1 aromatic heterocycles. The van der Waals surface area contributed by atoms with E-state index >= 15 is 0 Å². The standard InChI is InChI=1S/C8H11N3O/c9-8-6-3-11(5-1-2-5)4-7(6)12-10-8/h5H,1-4H2,(H2,9,10). The van der Waals surface area contributed by atoms with Gasteiger partial charge in [-0.2, -0.15) is 0 Å². The summed E-state index contributed by atoms with van der Waals surface area (Å²) in [4.78, 5) is 2.41. The fourth-order valence-electron chi connectivity index (χ4n) is 1.79. The number of aromatic nitrogens is 1. The van der Waals surface area contributed by atoms with Crippen LogP contribution >= 0.6 is 0 Å². The van der Waals surface area contributed by atoms with Crippen molar-refractivity contribution in [2.75, 3.05) is 5.73 Å². The van der Waals surface area contributed by atoms with Crippen LogP contribution in [-0.4, -0.2) is 16.1 Å². The Bertz CT molecular complexity index is 316. The van der Waals surface area contributed by atoms with Crippen LogP contribution in [0.2, 0.25) is 0 Å². The second kappa shape index (κ2) is 2.01. The topological polar surface area (TPSA) is 55.3 Å². The monoisotopic (exact) mass is 165 g/mol. The fraction of sp³-hybridized carbons (Fsp3) is 0.625. The number of fused-ring (bicyclic) bond motifs is 1. The van der Waals surface area contributed by atoms with E-state index in [0.717, 1.165) is 30.5 Å². The molecule has 0 aromatic carbocycles. The molecule has 4 heteroatoms. The largest absolute Gasteiger partial charge is 0.381 e. The van der Waals surface area contributed by atoms with Gasteiger partial charge < -0.3 is 10.3 Å². The minimum atomic E-state index is 0.577. The molecular formula is C8H11N3O. The van der Waals surface area contributed by atoms with Crippen LogP contribution in [-0.2, 0) is 13.1 Å². The first kappa shape index (κ1) is 6.48. The molecule has 1 saturated carbocycles. The van der Waals surface area contributed by atoms with Gasteiger partial charge in [0.05, 0.1) is 12.1 Å². The van der Waals surface area contributed by atoms with Gasteiger partial charge in [0.2, 0.25) is 0 Å². The van der Waals surface area contributed by atoms with Crippen molar-refractivity contribution in [2.45, 2.75) is 32.0 Å². The maximum Gasteiger partial charge on any atom is 0.171 e.